The van der Waals surface area contributed by atoms with Gasteiger partial charge in [0.05, 0.1) is 7.11 Å². The molecule has 0 bridgehead atoms. The Morgan fingerprint density at radius 2 is 2.18 bits per heavy atom. The molecule has 1 rings (SSSR count). The lowest BCUT2D eigenvalue weighted by atomic mass is 10.0. The van der Waals surface area contributed by atoms with Crippen molar-refractivity contribution in [2.24, 2.45) is 5.92 Å². The third-order valence-corrected chi connectivity index (χ3v) is 3.29. The highest BCUT2D eigenvalue weighted by atomic mass is 32.2. The topological polar surface area (TPSA) is 84.5 Å². The van der Waals surface area contributed by atoms with Gasteiger partial charge in [0.2, 0.25) is 5.91 Å². The molecule has 6 nitrogen and oxygen atoms in total. The molecule has 0 aromatic rings. The van der Waals surface area contributed by atoms with Gasteiger partial charge in [-0.05, 0) is 5.92 Å². The van der Waals surface area contributed by atoms with E-state index >= 15 is 0 Å². The summed E-state index contributed by atoms with van der Waals surface area (Å²) >= 11 is 1.06. The van der Waals surface area contributed by atoms with Crippen LogP contribution in [0.1, 0.15) is 13.8 Å². The molecule has 96 valence electrons. The van der Waals surface area contributed by atoms with E-state index in [9.17, 15) is 14.4 Å². The second-order valence-corrected chi connectivity index (χ2v) is 5.04. The zero-order valence-corrected chi connectivity index (χ0v) is 10.8. The van der Waals surface area contributed by atoms with Crippen molar-refractivity contribution in [3.05, 3.63) is 0 Å². The molecule has 2 atom stereocenters. The van der Waals surface area contributed by atoms with Gasteiger partial charge in [0.1, 0.15) is 12.1 Å². The molecule has 2 amide bonds. The first kappa shape index (κ1) is 13.8. The number of ether oxygens (including phenoxy) is 1. The second-order valence-electron chi connectivity index (χ2n) is 4.05. The van der Waals surface area contributed by atoms with Gasteiger partial charge in [-0.1, -0.05) is 25.6 Å². The monoisotopic (exact) mass is 260 g/mol. The fourth-order valence-corrected chi connectivity index (χ4v) is 2.18. The van der Waals surface area contributed by atoms with E-state index in [1.807, 2.05) is 13.8 Å². The molecule has 1 heterocycles. The van der Waals surface area contributed by atoms with Crippen molar-refractivity contribution in [1.29, 1.82) is 0 Å². The largest absolute Gasteiger partial charge is 0.467 e. The van der Waals surface area contributed by atoms with Crippen LogP contribution in [-0.2, 0) is 14.3 Å². The summed E-state index contributed by atoms with van der Waals surface area (Å²) in [5, 5.41) is 4.88. The Labute approximate surface area is 104 Å². The number of nitrogens with one attached hydrogen (secondary N) is 2. The van der Waals surface area contributed by atoms with Gasteiger partial charge in [-0.2, -0.15) is 0 Å². The number of amides is 2. The molecule has 7 heteroatoms. The van der Waals surface area contributed by atoms with E-state index in [2.05, 4.69) is 15.4 Å². The lowest BCUT2D eigenvalue weighted by molar-refractivity contribution is -0.146. The van der Waals surface area contributed by atoms with Crippen molar-refractivity contribution in [2.45, 2.75) is 25.9 Å². The van der Waals surface area contributed by atoms with Crippen molar-refractivity contribution < 1.29 is 19.1 Å². The number of rotatable bonds is 4. The lowest BCUT2D eigenvalue weighted by Crippen LogP contribution is -2.51. The Morgan fingerprint density at radius 3 is 2.59 bits per heavy atom. The molecule has 0 aliphatic carbocycles. The molecule has 17 heavy (non-hydrogen) atoms. The molecule has 0 saturated carbocycles. The molecule has 0 aromatic heterocycles. The van der Waals surface area contributed by atoms with E-state index in [0.717, 1.165) is 11.8 Å². The molecule has 0 aromatic carbocycles. The van der Waals surface area contributed by atoms with Crippen LogP contribution in [-0.4, -0.2) is 42.1 Å². The molecule has 2 unspecified atom stereocenters. The zero-order valence-electron chi connectivity index (χ0n) is 9.98. The summed E-state index contributed by atoms with van der Waals surface area (Å²) in [4.78, 5) is 34.2. The van der Waals surface area contributed by atoms with Crippen LogP contribution in [0.25, 0.3) is 0 Å². The molecule has 1 aliphatic heterocycles. The van der Waals surface area contributed by atoms with Gasteiger partial charge in [0.15, 0.2) is 0 Å². The number of esters is 1. The minimum Gasteiger partial charge on any atom is -0.467 e. The number of hydrogen-bond donors (Lipinski definition) is 2. The first-order valence-corrected chi connectivity index (χ1v) is 6.25. The predicted octanol–water partition coefficient (Wildman–Crippen LogP) is 0.125. The van der Waals surface area contributed by atoms with E-state index < -0.39 is 18.1 Å². The van der Waals surface area contributed by atoms with Gasteiger partial charge < -0.3 is 15.4 Å². The quantitative estimate of drug-likeness (QED) is 0.702. The summed E-state index contributed by atoms with van der Waals surface area (Å²) in [5.74, 6) is -0.523. The Bertz CT molecular complexity index is 332. The number of thioether (sulfide) groups is 1. The first-order chi connectivity index (χ1) is 7.95. The number of methoxy groups -OCH3 is 1. The average molecular weight is 260 g/mol. The van der Waals surface area contributed by atoms with Gasteiger partial charge in [0.25, 0.3) is 5.24 Å². The summed E-state index contributed by atoms with van der Waals surface area (Å²) in [5.41, 5.74) is 0. The lowest BCUT2D eigenvalue weighted by Gasteiger charge is -2.21. The summed E-state index contributed by atoms with van der Waals surface area (Å²) < 4.78 is 4.61. The number of hydrogen-bond acceptors (Lipinski definition) is 5. The summed E-state index contributed by atoms with van der Waals surface area (Å²) in [7, 11) is 1.27. The van der Waals surface area contributed by atoms with E-state index in [1.165, 1.54) is 7.11 Å². The van der Waals surface area contributed by atoms with Crippen LogP contribution >= 0.6 is 11.8 Å². The smallest absolute Gasteiger partial charge is 0.328 e. The summed E-state index contributed by atoms with van der Waals surface area (Å²) in [6, 6.07) is -1.26. The van der Waals surface area contributed by atoms with Crippen LogP contribution in [0.4, 0.5) is 4.79 Å². The Morgan fingerprint density at radius 1 is 1.53 bits per heavy atom. The van der Waals surface area contributed by atoms with Gasteiger partial charge >= 0.3 is 5.97 Å². The highest BCUT2D eigenvalue weighted by Gasteiger charge is 2.32. The molecule has 2 N–H and O–H groups in total. The second kappa shape index (κ2) is 5.90. The van der Waals surface area contributed by atoms with Gasteiger partial charge in [-0.3, -0.25) is 9.59 Å². The molecule has 0 radical (unpaired) electrons. The number of carbonyl (C=O) groups is 3. The fourth-order valence-electron chi connectivity index (χ4n) is 1.40. The standard InChI is InChI=1S/C10H16N2O4S/c1-5(2)7(9(14)16-3)12-8(13)6-4-17-10(15)11-6/h5-7H,4H2,1-3H3,(H,11,15)(H,12,13). The van der Waals surface area contributed by atoms with Crippen molar-refractivity contribution in [3.8, 4) is 0 Å². The van der Waals surface area contributed by atoms with Gasteiger partial charge in [-0.15, -0.1) is 0 Å². The van der Waals surface area contributed by atoms with E-state index in [0.29, 0.717) is 5.75 Å². The number of carbonyl (C=O) groups excluding carboxylic acids is 3. The Balaban J connectivity index is 2.58. The summed E-state index contributed by atoms with van der Waals surface area (Å²) in [6.45, 7) is 3.62. The van der Waals surface area contributed by atoms with Crippen LogP contribution < -0.4 is 10.6 Å². The van der Waals surface area contributed by atoms with Crippen LogP contribution in [0, 0.1) is 5.92 Å². The maximum absolute atomic E-state index is 11.8. The molecule has 0 spiro atoms. The van der Waals surface area contributed by atoms with E-state index in [4.69, 9.17) is 0 Å². The minimum absolute atomic E-state index is 0.0730. The highest BCUT2D eigenvalue weighted by molar-refractivity contribution is 8.14. The van der Waals surface area contributed by atoms with E-state index in [1.54, 1.807) is 0 Å². The normalized spacial score (nSPS) is 20.9. The van der Waals surface area contributed by atoms with Crippen LogP contribution in [0.15, 0.2) is 0 Å². The van der Waals surface area contributed by atoms with Gasteiger partial charge in [-0.25, -0.2) is 4.79 Å². The van der Waals surface area contributed by atoms with Crippen LogP contribution in [0.5, 0.6) is 0 Å². The molecule has 1 fully saturated rings. The van der Waals surface area contributed by atoms with Crippen molar-refractivity contribution in [2.75, 3.05) is 12.9 Å². The third kappa shape index (κ3) is 3.62. The maximum atomic E-state index is 11.8. The van der Waals surface area contributed by atoms with Crippen molar-refractivity contribution in [3.63, 3.8) is 0 Å². The third-order valence-electron chi connectivity index (χ3n) is 2.41. The summed E-state index contributed by atoms with van der Waals surface area (Å²) in [6.07, 6.45) is 0. The molecular weight excluding hydrogens is 244 g/mol. The van der Waals surface area contributed by atoms with Gasteiger partial charge in [0, 0.05) is 5.75 Å². The van der Waals surface area contributed by atoms with Crippen LogP contribution in [0.3, 0.4) is 0 Å². The predicted molar refractivity (Wildman–Crippen MR) is 63.6 cm³/mol. The average Bonchev–Trinajstić information content (AvgIpc) is 2.71. The van der Waals surface area contributed by atoms with E-state index in [-0.39, 0.29) is 17.1 Å². The van der Waals surface area contributed by atoms with Crippen LogP contribution in [0.2, 0.25) is 0 Å². The van der Waals surface area contributed by atoms with Crippen molar-refractivity contribution in [1.82, 2.24) is 10.6 Å². The first-order valence-electron chi connectivity index (χ1n) is 5.27. The maximum Gasteiger partial charge on any atom is 0.328 e. The zero-order chi connectivity index (χ0) is 13.0. The highest BCUT2D eigenvalue weighted by Crippen LogP contribution is 2.13. The molecule has 1 saturated heterocycles. The Hall–Kier alpha value is -1.24. The Kier molecular flexibility index (Phi) is 4.80. The SMILES string of the molecule is COC(=O)C(NC(=O)C1CSC(=O)N1)C(C)C. The fraction of sp³-hybridized carbons (Fsp3) is 0.700. The molecular formula is C10H16N2O4S. The molecule has 1 aliphatic rings. The minimum atomic E-state index is -0.685. The van der Waals surface area contributed by atoms with Crippen molar-refractivity contribution >= 4 is 28.9 Å².